The number of benzene rings is 2. The van der Waals surface area contributed by atoms with E-state index in [0.29, 0.717) is 27.6 Å². The lowest BCUT2D eigenvalue weighted by Crippen LogP contribution is -2.39. The molecule has 28 heavy (non-hydrogen) atoms. The Morgan fingerprint density at radius 2 is 1.75 bits per heavy atom. The van der Waals surface area contributed by atoms with Crippen molar-refractivity contribution >= 4 is 50.3 Å². The first kappa shape index (κ1) is 20.9. The fourth-order valence-electron chi connectivity index (χ4n) is 3.23. The van der Waals surface area contributed by atoms with Gasteiger partial charge in [-0.25, -0.2) is 8.42 Å². The van der Waals surface area contributed by atoms with E-state index in [2.05, 4.69) is 15.4 Å². The van der Waals surface area contributed by atoms with Gasteiger partial charge in [-0.15, -0.1) is 0 Å². The normalized spacial score (nSPS) is 15.1. The lowest BCUT2D eigenvalue weighted by Gasteiger charge is -2.24. The fourth-order valence-corrected chi connectivity index (χ4v) is 4.71. The summed E-state index contributed by atoms with van der Waals surface area (Å²) in [6.07, 6.45) is 5.92. The van der Waals surface area contributed by atoms with Gasteiger partial charge < -0.3 is 10.6 Å². The molecule has 0 spiro atoms. The molecule has 0 atom stereocenters. The number of hydrogen-bond acceptors (Lipinski definition) is 3. The van der Waals surface area contributed by atoms with E-state index in [-0.39, 0.29) is 4.90 Å². The highest BCUT2D eigenvalue weighted by Crippen LogP contribution is 2.24. The predicted molar refractivity (Wildman–Crippen MR) is 120 cm³/mol. The molecular weight excluding hydrogens is 414 g/mol. The Balaban J connectivity index is 1.72. The second-order valence-corrected chi connectivity index (χ2v) is 9.55. The Labute approximate surface area is 176 Å². The van der Waals surface area contributed by atoms with Crippen molar-refractivity contribution in [3.63, 3.8) is 0 Å². The van der Waals surface area contributed by atoms with Crippen LogP contribution in [0.5, 0.6) is 0 Å². The van der Waals surface area contributed by atoms with Crippen LogP contribution < -0.4 is 15.4 Å². The molecule has 8 heteroatoms. The average Bonchev–Trinajstić information content (AvgIpc) is 2.66. The molecule has 0 aromatic heterocycles. The average molecular weight is 438 g/mol. The second-order valence-electron chi connectivity index (χ2n) is 7.02. The number of anilines is 2. The Hall–Kier alpha value is -1.83. The highest BCUT2D eigenvalue weighted by molar-refractivity contribution is 7.92. The lowest BCUT2D eigenvalue weighted by atomic mass is 9.96. The lowest BCUT2D eigenvalue weighted by molar-refractivity contribution is 0.415. The number of aryl methyl sites for hydroxylation is 1. The Morgan fingerprint density at radius 3 is 2.43 bits per heavy atom. The monoisotopic (exact) mass is 437 g/mol. The molecule has 3 rings (SSSR count). The van der Waals surface area contributed by atoms with Crippen molar-refractivity contribution < 1.29 is 8.42 Å². The molecule has 0 unspecified atom stereocenters. The molecule has 0 bridgehead atoms. The van der Waals surface area contributed by atoms with E-state index in [9.17, 15) is 8.42 Å². The van der Waals surface area contributed by atoms with Gasteiger partial charge in [-0.1, -0.05) is 36.9 Å². The molecule has 0 saturated heterocycles. The van der Waals surface area contributed by atoms with Gasteiger partial charge in [0.05, 0.1) is 4.90 Å². The van der Waals surface area contributed by atoms with Crippen LogP contribution in [0.25, 0.3) is 0 Å². The van der Waals surface area contributed by atoms with Crippen molar-refractivity contribution in [2.45, 2.75) is 50.0 Å². The zero-order chi connectivity index (χ0) is 20.1. The smallest absolute Gasteiger partial charge is 0.261 e. The van der Waals surface area contributed by atoms with Crippen molar-refractivity contribution in [3.05, 3.63) is 53.1 Å². The summed E-state index contributed by atoms with van der Waals surface area (Å²) in [4.78, 5) is 0.163. The molecule has 3 N–H and O–H groups in total. The number of hydrogen-bond donors (Lipinski definition) is 3. The van der Waals surface area contributed by atoms with Crippen LogP contribution in [-0.4, -0.2) is 19.6 Å². The van der Waals surface area contributed by atoms with Crippen molar-refractivity contribution in [1.82, 2.24) is 5.32 Å². The highest BCUT2D eigenvalue weighted by Gasteiger charge is 2.17. The molecule has 150 valence electrons. The summed E-state index contributed by atoms with van der Waals surface area (Å²) in [7, 11) is -3.73. The summed E-state index contributed by atoms with van der Waals surface area (Å²) < 4.78 is 28.0. The van der Waals surface area contributed by atoms with E-state index >= 15 is 0 Å². The van der Waals surface area contributed by atoms with Gasteiger partial charge in [0.15, 0.2) is 5.11 Å². The zero-order valence-corrected chi connectivity index (χ0v) is 18.1. The first-order chi connectivity index (χ1) is 13.3. The van der Waals surface area contributed by atoms with Crippen LogP contribution in [0.1, 0.15) is 37.7 Å². The number of nitrogens with one attached hydrogen (secondary N) is 3. The largest absolute Gasteiger partial charge is 0.360 e. The van der Waals surface area contributed by atoms with Gasteiger partial charge in [-0.2, -0.15) is 0 Å². The van der Waals surface area contributed by atoms with Crippen molar-refractivity contribution in [1.29, 1.82) is 0 Å². The quantitative estimate of drug-likeness (QED) is 0.570. The van der Waals surface area contributed by atoms with Gasteiger partial charge in [0, 0.05) is 22.4 Å². The maximum Gasteiger partial charge on any atom is 0.261 e. The molecule has 0 amide bonds. The zero-order valence-electron chi connectivity index (χ0n) is 15.7. The maximum atomic E-state index is 12.7. The number of thiocarbonyl (C=S) groups is 1. The third-order valence-electron chi connectivity index (χ3n) is 4.80. The van der Waals surface area contributed by atoms with Crippen molar-refractivity contribution in [2.75, 3.05) is 10.0 Å². The number of halogens is 1. The summed E-state index contributed by atoms with van der Waals surface area (Å²) in [6.45, 7) is 1.91. The molecule has 0 heterocycles. The predicted octanol–water partition coefficient (Wildman–Crippen LogP) is 5.07. The maximum absolute atomic E-state index is 12.7. The van der Waals surface area contributed by atoms with E-state index in [0.717, 1.165) is 18.4 Å². The summed E-state index contributed by atoms with van der Waals surface area (Å²) in [5.74, 6) is 0. The van der Waals surface area contributed by atoms with E-state index in [1.165, 1.54) is 19.3 Å². The number of rotatable bonds is 5. The SMILES string of the molecule is Cc1ccc(S(=O)(=O)Nc2ccc(Cl)cc2)cc1NC(=S)NC1CCCCC1. The van der Waals surface area contributed by atoms with Crippen LogP contribution in [0.15, 0.2) is 47.4 Å². The summed E-state index contributed by atoms with van der Waals surface area (Å²) in [5.41, 5.74) is 2.04. The Bertz CT molecular complexity index is 940. The first-order valence-corrected chi connectivity index (χ1v) is 11.6. The molecule has 2 aromatic rings. The van der Waals surface area contributed by atoms with Gasteiger partial charge >= 0.3 is 0 Å². The van der Waals surface area contributed by atoms with Crippen LogP contribution in [0.3, 0.4) is 0 Å². The second kappa shape index (κ2) is 9.11. The fraction of sp³-hybridized carbons (Fsp3) is 0.350. The summed E-state index contributed by atoms with van der Waals surface area (Å²) >= 11 is 11.3. The third kappa shape index (κ3) is 5.59. The van der Waals surface area contributed by atoms with Crippen LogP contribution in [0.2, 0.25) is 5.02 Å². The minimum atomic E-state index is -3.73. The molecule has 0 aliphatic heterocycles. The molecule has 2 aromatic carbocycles. The summed E-state index contributed by atoms with van der Waals surface area (Å²) in [6, 6.07) is 11.8. The standard InChI is InChI=1S/C20H24ClN3O2S2/c1-14-7-12-18(28(25,26)24-17-10-8-15(21)9-11-17)13-19(14)23-20(27)22-16-5-3-2-4-6-16/h7-13,16,24H,2-6H2,1H3,(H2,22,23,27). The van der Waals surface area contributed by atoms with E-state index in [1.54, 1.807) is 42.5 Å². The van der Waals surface area contributed by atoms with Gasteiger partial charge in [0.25, 0.3) is 10.0 Å². The Kier molecular flexibility index (Phi) is 6.80. The van der Waals surface area contributed by atoms with Crippen LogP contribution in [0, 0.1) is 6.92 Å². The van der Waals surface area contributed by atoms with Gasteiger partial charge in [-0.05, 0) is 73.9 Å². The van der Waals surface area contributed by atoms with Gasteiger partial charge in [-0.3, -0.25) is 4.72 Å². The van der Waals surface area contributed by atoms with Crippen LogP contribution >= 0.6 is 23.8 Å². The molecule has 1 aliphatic rings. The van der Waals surface area contributed by atoms with Crippen molar-refractivity contribution in [3.8, 4) is 0 Å². The van der Waals surface area contributed by atoms with Crippen LogP contribution in [-0.2, 0) is 10.0 Å². The minimum absolute atomic E-state index is 0.163. The molecule has 1 fully saturated rings. The van der Waals surface area contributed by atoms with E-state index in [4.69, 9.17) is 23.8 Å². The highest BCUT2D eigenvalue weighted by atomic mass is 35.5. The third-order valence-corrected chi connectivity index (χ3v) is 6.66. The number of sulfonamides is 1. The first-order valence-electron chi connectivity index (χ1n) is 9.30. The summed E-state index contributed by atoms with van der Waals surface area (Å²) in [5, 5.41) is 7.56. The molecule has 1 aliphatic carbocycles. The van der Waals surface area contributed by atoms with E-state index < -0.39 is 10.0 Å². The topological polar surface area (TPSA) is 70.2 Å². The molecular formula is C20H24ClN3O2S2. The van der Waals surface area contributed by atoms with E-state index in [1.807, 2.05) is 6.92 Å². The molecule has 5 nitrogen and oxygen atoms in total. The minimum Gasteiger partial charge on any atom is -0.360 e. The van der Waals surface area contributed by atoms with Gasteiger partial charge in [0.1, 0.15) is 0 Å². The Morgan fingerprint density at radius 1 is 1.07 bits per heavy atom. The van der Waals surface area contributed by atoms with Gasteiger partial charge in [0.2, 0.25) is 0 Å². The molecule has 1 saturated carbocycles. The molecule has 0 radical (unpaired) electrons. The van der Waals surface area contributed by atoms with Crippen molar-refractivity contribution in [2.24, 2.45) is 0 Å². The van der Waals surface area contributed by atoms with Crippen LogP contribution in [0.4, 0.5) is 11.4 Å².